The van der Waals surface area contributed by atoms with E-state index in [2.05, 4.69) is 4.74 Å². The first kappa shape index (κ1) is 11.9. The van der Waals surface area contributed by atoms with Crippen molar-refractivity contribution in [2.45, 2.75) is 20.5 Å². The van der Waals surface area contributed by atoms with Crippen LogP contribution in [-0.2, 0) is 0 Å². The van der Waals surface area contributed by atoms with Crippen LogP contribution in [0.2, 0.25) is 5.02 Å². The molecule has 0 saturated carbocycles. The van der Waals surface area contributed by atoms with Gasteiger partial charge in [-0.2, -0.15) is 8.78 Å². The zero-order valence-corrected chi connectivity index (χ0v) is 8.94. The molecule has 15 heavy (non-hydrogen) atoms. The van der Waals surface area contributed by atoms with Gasteiger partial charge in [-0.25, -0.2) is 0 Å². The van der Waals surface area contributed by atoms with E-state index in [4.69, 9.17) is 11.6 Å². The van der Waals surface area contributed by atoms with Crippen molar-refractivity contribution in [3.63, 3.8) is 0 Å². The number of ketones is 1. The average molecular weight is 235 g/mol. The van der Waals surface area contributed by atoms with Crippen LogP contribution >= 0.6 is 11.6 Å². The van der Waals surface area contributed by atoms with Crippen molar-refractivity contribution in [2.75, 3.05) is 0 Å². The van der Waals surface area contributed by atoms with Gasteiger partial charge in [0.15, 0.2) is 11.5 Å². The molecule has 0 N–H and O–H groups in total. The minimum Gasteiger partial charge on any atom is -0.432 e. The molecule has 2 nitrogen and oxygen atoms in total. The summed E-state index contributed by atoms with van der Waals surface area (Å²) in [6, 6.07) is 3.00. The van der Waals surface area contributed by atoms with Crippen molar-refractivity contribution < 1.29 is 18.3 Å². The third-order valence-corrected chi connectivity index (χ3v) is 2.35. The van der Waals surface area contributed by atoms with E-state index >= 15 is 0 Å². The van der Waals surface area contributed by atoms with Gasteiger partial charge in [0, 0.05) is 0 Å². The first-order valence-electron chi connectivity index (χ1n) is 4.18. The number of carbonyl (C=O) groups excluding carboxylic acids is 1. The summed E-state index contributed by atoms with van der Waals surface area (Å²) in [4.78, 5) is 11.1. The molecule has 5 heteroatoms. The van der Waals surface area contributed by atoms with E-state index in [1.165, 1.54) is 13.0 Å². The molecule has 1 aromatic rings. The molecular formula is C10H9ClF2O2. The van der Waals surface area contributed by atoms with Crippen molar-refractivity contribution in [3.05, 3.63) is 28.3 Å². The van der Waals surface area contributed by atoms with Gasteiger partial charge in [-0.1, -0.05) is 17.7 Å². The van der Waals surface area contributed by atoms with Crippen molar-refractivity contribution in [1.29, 1.82) is 0 Å². The Morgan fingerprint density at radius 2 is 2.07 bits per heavy atom. The zero-order chi connectivity index (χ0) is 11.6. The molecule has 0 bridgehead atoms. The summed E-state index contributed by atoms with van der Waals surface area (Å²) in [6.45, 7) is -0.0911. The minimum atomic E-state index is -3.00. The van der Waals surface area contributed by atoms with Crippen LogP contribution in [-0.4, -0.2) is 12.4 Å². The number of Topliss-reactive ketones (excluding diaryl/α,β-unsaturated/α-hetero) is 1. The summed E-state index contributed by atoms with van der Waals surface area (Å²) in [5.74, 6) is -0.619. The minimum absolute atomic E-state index is 0.0444. The standard InChI is InChI=1S/C10H9ClF2O2/c1-5-3-4-7(6(2)14)9(8(5)11)15-10(12)13/h3-4,10H,1-2H3. The highest BCUT2D eigenvalue weighted by Gasteiger charge is 2.17. The molecule has 0 spiro atoms. The van der Waals surface area contributed by atoms with Crippen molar-refractivity contribution in [2.24, 2.45) is 0 Å². The van der Waals surface area contributed by atoms with Crippen LogP contribution in [0.4, 0.5) is 8.78 Å². The molecule has 0 unspecified atom stereocenters. The third kappa shape index (κ3) is 2.65. The molecule has 1 aromatic carbocycles. The predicted molar refractivity (Wildman–Crippen MR) is 52.8 cm³/mol. The smallest absolute Gasteiger partial charge is 0.387 e. The number of hydrogen-bond donors (Lipinski definition) is 0. The number of carbonyl (C=O) groups is 1. The Hall–Kier alpha value is -1.16. The first-order valence-corrected chi connectivity index (χ1v) is 4.56. The van der Waals surface area contributed by atoms with Gasteiger partial charge in [-0.3, -0.25) is 4.79 Å². The summed E-state index contributed by atoms with van der Waals surface area (Å²) < 4.78 is 28.4. The lowest BCUT2D eigenvalue weighted by molar-refractivity contribution is -0.0500. The Balaban J connectivity index is 3.28. The number of aryl methyl sites for hydroxylation is 1. The number of alkyl halides is 2. The maximum absolute atomic E-state index is 12.1. The lowest BCUT2D eigenvalue weighted by Crippen LogP contribution is -2.07. The third-order valence-electron chi connectivity index (χ3n) is 1.88. The SMILES string of the molecule is CC(=O)c1ccc(C)c(Cl)c1OC(F)F. The Bertz CT molecular complexity index is 391. The molecule has 0 aliphatic heterocycles. The van der Waals surface area contributed by atoms with Crippen LogP contribution < -0.4 is 4.74 Å². The highest BCUT2D eigenvalue weighted by atomic mass is 35.5. The molecule has 82 valence electrons. The molecule has 0 radical (unpaired) electrons. The van der Waals surface area contributed by atoms with Crippen LogP contribution in [0.15, 0.2) is 12.1 Å². The number of halogens is 3. The van der Waals surface area contributed by atoms with E-state index in [-0.39, 0.29) is 22.1 Å². The Labute approximate surface area is 90.8 Å². The maximum Gasteiger partial charge on any atom is 0.387 e. The van der Waals surface area contributed by atoms with Crippen LogP contribution in [0.25, 0.3) is 0 Å². The summed E-state index contributed by atoms with van der Waals surface area (Å²) in [5.41, 5.74) is 0.642. The van der Waals surface area contributed by atoms with Gasteiger partial charge in [-0.05, 0) is 25.5 Å². The largest absolute Gasteiger partial charge is 0.432 e. The van der Waals surface area contributed by atoms with Gasteiger partial charge in [0.05, 0.1) is 10.6 Å². The molecule has 0 aromatic heterocycles. The second kappa shape index (κ2) is 4.57. The summed E-state index contributed by atoms with van der Waals surface area (Å²) in [5, 5.41) is 0.0444. The maximum atomic E-state index is 12.1. The first-order chi connectivity index (χ1) is 6.93. The summed E-state index contributed by atoms with van der Waals surface area (Å²) in [6.07, 6.45) is 0. The predicted octanol–water partition coefficient (Wildman–Crippen LogP) is 3.45. The molecule has 0 amide bonds. The molecule has 0 aliphatic carbocycles. The number of benzene rings is 1. The molecule has 1 rings (SSSR count). The second-order valence-electron chi connectivity index (χ2n) is 3.01. The molecule has 0 atom stereocenters. The quantitative estimate of drug-likeness (QED) is 0.749. The van der Waals surface area contributed by atoms with E-state index in [1.807, 2.05) is 0 Å². The fraction of sp³-hybridized carbons (Fsp3) is 0.300. The van der Waals surface area contributed by atoms with Gasteiger partial charge in [0.1, 0.15) is 0 Å². The van der Waals surface area contributed by atoms with Crippen LogP contribution in [0, 0.1) is 6.92 Å². The van der Waals surface area contributed by atoms with Gasteiger partial charge in [0.2, 0.25) is 0 Å². The summed E-state index contributed by atoms with van der Waals surface area (Å²) >= 11 is 5.78. The van der Waals surface area contributed by atoms with Crippen LogP contribution in [0.1, 0.15) is 22.8 Å². The van der Waals surface area contributed by atoms with E-state index in [0.29, 0.717) is 5.56 Å². The Morgan fingerprint density at radius 3 is 2.53 bits per heavy atom. The molecule has 0 heterocycles. The van der Waals surface area contributed by atoms with Gasteiger partial charge < -0.3 is 4.74 Å². The zero-order valence-electron chi connectivity index (χ0n) is 8.18. The topological polar surface area (TPSA) is 26.3 Å². The van der Waals surface area contributed by atoms with Crippen molar-refractivity contribution >= 4 is 17.4 Å². The van der Waals surface area contributed by atoms with E-state index in [0.717, 1.165) is 0 Å². The Kier molecular flexibility index (Phi) is 3.63. The van der Waals surface area contributed by atoms with Crippen LogP contribution in [0.5, 0.6) is 5.75 Å². The molecular weight excluding hydrogens is 226 g/mol. The highest BCUT2D eigenvalue weighted by molar-refractivity contribution is 6.33. The molecule has 0 saturated heterocycles. The fourth-order valence-electron chi connectivity index (χ4n) is 1.14. The normalized spacial score (nSPS) is 10.5. The second-order valence-corrected chi connectivity index (χ2v) is 3.39. The average Bonchev–Trinajstić information content (AvgIpc) is 2.12. The number of rotatable bonds is 3. The van der Waals surface area contributed by atoms with E-state index in [1.54, 1.807) is 13.0 Å². The van der Waals surface area contributed by atoms with Crippen LogP contribution in [0.3, 0.4) is 0 Å². The van der Waals surface area contributed by atoms with Gasteiger partial charge >= 0.3 is 6.61 Å². The lowest BCUT2D eigenvalue weighted by Gasteiger charge is -2.11. The van der Waals surface area contributed by atoms with Gasteiger partial charge in [-0.15, -0.1) is 0 Å². The van der Waals surface area contributed by atoms with E-state index in [9.17, 15) is 13.6 Å². The Morgan fingerprint density at radius 1 is 1.47 bits per heavy atom. The molecule has 0 aliphatic rings. The lowest BCUT2D eigenvalue weighted by atomic mass is 10.1. The summed E-state index contributed by atoms with van der Waals surface area (Å²) in [7, 11) is 0. The molecule has 0 fully saturated rings. The number of ether oxygens (including phenoxy) is 1. The van der Waals surface area contributed by atoms with Gasteiger partial charge in [0.25, 0.3) is 0 Å². The monoisotopic (exact) mass is 234 g/mol. The van der Waals surface area contributed by atoms with Crippen molar-refractivity contribution in [1.82, 2.24) is 0 Å². The fourth-order valence-corrected chi connectivity index (χ4v) is 1.35. The van der Waals surface area contributed by atoms with E-state index < -0.39 is 6.61 Å². The van der Waals surface area contributed by atoms with Crippen molar-refractivity contribution in [3.8, 4) is 5.75 Å². The highest BCUT2D eigenvalue weighted by Crippen LogP contribution is 2.33. The number of hydrogen-bond acceptors (Lipinski definition) is 2.